The van der Waals surface area contributed by atoms with Crippen LogP contribution < -0.4 is 0 Å². The number of aryl methyl sites for hydroxylation is 1. The quantitative estimate of drug-likeness (QED) is 0.819. The molecule has 2 aromatic heterocycles. The van der Waals surface area contributed by atoms with Crippen LogP contribution in [0.5, 0.6) is 0 Å². The largest absolute Gasteiger partial charge is 0.360 e. The zero-order valence-corrected chi connectivity index (χ0v) is 8.14. The zero-order chi connectivity index (χ0) is 10.5. The summed E-state index contributed by atoms with van der Waals surface area (Å²) in [5.41, 5.74) is 1.83. The lowest BCUT2D eigenvalue weighted by Crippen LogP contribution is -1.95. The number of hydrogen-bond acceptors (Lipinski definition) is 3. The average Bonchev–Trinajstić information content (AvgIpc) is 2.80. The van der Waals surface area contributed by atoms with Gasteiger partial charge in [0.1, 0.15) is 5.82 Å². The van der Waals surface area contributed by atoms with Crippen molar-refractivity contribution in [1.29, 1.82) is 5.26 Å². The highest BCUT2D eigenvalue weighted by Gasteiger charge is 2.01. The van der Waals surface area contributed by atoms with Gasteiger partial charge < -0.3 is 4.98 Å². The van der Waals surface area contributed by atoms with Crippen molar-refractivity contribution in [2.45, 2.75) is 12.8 Å². The Balaban J connectivity index is 2.24. The first-order valence-electron chi connectivity index (χ1n) is 4.73. The number of H-pyrrole nitrogens is 1. The van der Waals surface area contributed by atoms with Crippen LogP contribution in [0.1, 0.15) is 12.2 Å². The molecule has 2 aromatic rings. The molecular weight excluding hydrogens is 188 g/mol. The molecule has 2 heterocycles. The molecule has 4 heteroatoms. The van der Waals surface area contributed by atoms with Crippen LogP contribution in [0.4, 0.5) is 0 Å². The van der Waals surface area contributed by atoms with Crippen molar-refractivity contribution >= 4 is 0 Å². The van der Waals surface area contributed by atoms with Crippen molar-refractivity contribution in [2.24, 2.45) is 0 Å². The fourth-order valence-corrected chi connectivity index (χ4v) is 1.33. The van der Waals surface area contributed by atoms with Crippen molar-refractivity contribution in [3.8, 4) is 17.5 Å². The second-order valence-electron chi connectivity index (χ2n) is 3.10. The molecule has 15 heavy (non-hydrogen) atoms. The molecular formula is C11H10N4. The van der Waals surface area contributed by atoms with Gasteiger partial charge in [0, 0.05) is 25.2 Å². The zero-order valence-electron chi connectivity index (χ0n) is 8.14. The highest BCUT2D eigenvalue weighted by atomic mass is 14.9. The van der Waals surface area contributed by atoms with Crippen molar-refractivity contribution < 1.29 is 0 Å². The monoisotopic (exact) mass is 198 g/mol. The molecule has 2 rings (SSSR count). The van der Waals surface area contributed by atoms with Crippen LogP contribution in [0.2, 0.25) is 0 Å². The molecule has 0 aromatic carbocycles. The lowest BCUT2D eigenvalue weighted by atomic mass is 10.2. The van der Waals surface area contributed by atoms with Gasteiger partial charge in [0.15, 0.2) is 0 Å². The minimum Gasteiger partial charge on any atom is -0.360 e. The van der Waals surface area contributed by atoms with Gasteiger partial charge >= 0.3 is 0 Å². The number of hydrogen-bond donors (Lipinski definition) is 1. The van der Waals surface area contributed by atoms with E-state index in [9.17, 15) is 0 Å². The van der Waals surface area contributed by atoms with E-state index in [1.807, 2.05) is 24.4 Å². The summed E-state index contributed by atoms with van der Waals surface area (Å²) in [5.74, 6) is 0.712. The number of nitriles is 1. The Morgan fingerprint density at radius 1 is 1.40 bits per heavy atom. The Labute approximate surface area is 87.6 Å². The van der Waals surface area contributed by atoms with Crippen molar-refractivity contribution in [3.05, 3.63) is 36.4 Å². The Kier molecular flexibility index (Phi) is 2.75. The summed E-state index contributed by atoms with van der Waals surface area (Å²) >= 11 is 0. The van der Waals surface area contributed by atoms with Crippen LogP contribution in [0.3, 0.4) is 0 Å². The summed E-state index contributed by atoms with van der Waals surface area (Å²) in [6.45, 7) is 0. The molecule has 0 unspecified atom stereocenters. The molecule has 1 N–H and O–H groups in total. The molecule has 0 spiro atoms. The molecule has 0 aliphatic carbocycles. The second kappa shape index (κ2) is 4.38. The predicted molar refractivity (Wildman–Crippen MR) is 55.8 cm³/mol. The van der Waals surface area contributed by atoms with Gasteiger partial charge in [-0.2, -0.15) is 5.26 Å². The molecule has 0 saturated carbocycles. The van der Waals surface area contributed by atoms with Crippen LogP contribution in [0.15, 0.2) is 30.6 Å². The van der Waals surface area contributed by atoms with Gasteiger partial charge in [0.25, 0.3) is 0 Å². The maximum absolute atomic E-state index is 8.47. The summed E-state index contributed by atoms with van der Waals surface area (Å²) in [6, 6.07) is 7.81. The normalized spacial score (nSPS) is 9.80. The van der Waals surface area contributed by atoms with Gasteiger partial charge in [-0.3, -0.25) is 0 Å². The molecule has 0 aliphatic heterocycles. The standard InChI is InChI=1S/C11H10N4/c12-6-1-4-11-14-8-5-10(15-11)9-3-2-7-13-9/h2-3,5,7-8,13H,1,4H2. The first kappa shape index (κ1) is 9.41. The number of rotatable bonds is 3. The van der Waals surface area contributed by atoms with Gasteiger partial charge in [0.05, 0.1) is 17.5 Å². The van der Waals surface area contributed by atoms with Crippen molar-refractivity contribution in [1.82, 2.24) is 15.0 Å². The van der Waals surface area contributed by atoms with Crippen molar-refractivity contribution in [3.63, 3.8) is 0 Å². The van der Waals surface area contributed by atoms with Crippen LogP contribution in [0.25, 0.3) is 11.4 Å². The third kappa shape index (κ3) is 2.20. The van der Waals surface area contributed by atoms with E-state index in [2.05, 4.69) is 21.0 Å². The summed E-state index contributed by atoms with van der Waals surface area (Å²) in [7, 11) is 0. The minimum absolute atomic E-state index is 0.453. The van der Waals surface area contributed by atoms with Crippen LogP contribution in [-0.4, -0.2) is 15.0 Å². The third-order valence-corrected chi connectivity index (χ3v) is 2.04. The molecule has 0 aliphatic rings. The summed E-state index contributed by atoms with van der Waals surface area (Å²) in [6.07, 6.45) is 4.63. The van der Waals surface area contributed by atoms with Gasteiger partial charge in [0.2, 0.25) is 0 Å². The number of nitrogens with one attached hydrogen (secondary N) is 1. The van der Waals surface area contributed by atoms with Gasteiger partial charge in [-0.15, -0.1) is 0 Å². The Hall–Kier alpha value is -2.15. The summed E-state index contributed by atoms with van der Waals surface area (Å²) in [5, 5.41) is 8.47. The second-order valence-corrected chi connectivity index (χ2v) is 3.10. The topological polar surface area (TPSA) is 65.4 Å². The molecule has 4 nitrogen and oxygen atoms in total. The molecule has 0 atom stereocenters. The van der Waals surface area contributed by atoms with E-state index >= 15 is 0 Å². The highest BCUT2D eigenvalue weighted by Crippen LogP contribution is 2.13. The predicted octanol–water partition coefficient (Wildman–Crippen LogP) is 1.93. The smallest absolute Gasteiger partial charge is 0.130 e. The van der Waals surface area contributed by atoms with E-state index < -0.39 is 0 Å². The maximum atomic E-state index is 8.47. The Bertz CT molecular complexity index is 468. The Morgan fingerprint density at radius 2 is 2.33 bits per heavy atom. The molecule has 0 saturated heterocycles. The number of aromatic nitrogens is 3. The van der Waals surface area contributed by atoms with Gasteiger partial charge in [-0.1, -0.05) is 0 Å². The first-order valence-corrected chi connectivity index (χ1v) is 4.73. The van der Waals surface area contributed by atoms with E-state index in [1.54, 1.807) is 6.20 Å². The van der Waals surface area contributed by atoms with Crippen LogP contribution in [-0.2, 0) is 6.42 Å². The van der Waals surface area contributed by atoms with E-state index in [1.165, 1.54) is 0 Å². The number of aromatic amines is 1. The minimum atomic E-state index is 0.453. The van der Waals surface area contributed by atoms with E-state index in [4.69, 9.17) is 5.26 Å². The van der Waals surface area contributed by atoms with Crippen molar-refractivity contribution in [2.75, 3.05) is 0 Å². The van der Waals surface area contributed by atoms with E-state index in [0.29, 0.717) is 18.7 Å². The molecule has 0 radical (unpaired) electrons. The first-order chi connectivity index (χ1) is 7.40. The maximum Gasteiger partial charge on any atom is 0.130 e. The SMILES string of the molecule is N#CCCc1nccc(-c2ccc[nH]2)n1. The highest BCUT2D eigenvalue weighted by molar-refractivity contribution is 5.53. The lowest BCUT2D eigenvalue weighted by molar-refractivity contribution is 0.886. The van der Waals surface area contributed by atoms with Crippen LogP contribution >= 0.6 is 0 Å². The summed E-state index contributed by atoms with van der Waals surface area (Å²) < 4.78 is 0. The fourth-order valence-electron chi connectivity index (χ4n) is 1.33. The summed E-state index contributed by atoms with van der Waals surface area (Å²) in [4.78, 5) is 11.6. The van der Waals surface area contributed by atoms with E-state index in [0.717, 1.165) is 11.4 Å². The van der Waals surface area contributed by atoms with Crippen LogP contribution in [0, 0.1) is 11.3 Å². The van der Waals surface area contributed by atoms with E-state index in [-0.39, 0.29) is 0 Å². The molecule has 0 amide bonds. The third-order valence-electron chi connectivity index (χ3n) is 2.04. The molecule has 0 bridgehead atoms. The van der Waals surface area contributed by atoms with Gasteiger partial charge in [-0.25, -0.2) is 9.97 Å². The molecule has 0 fully saturated rings. The molecule has 74 valence electrons. The fraction of sp³-hybridized carbons (Fsp3) is 0.182. The van der Waals surface area contributed by atoms with Gasteiger partial charge in [-0.05, 0) is 18.2 Å². The number of nitrogens with zero attached hydrogens (tertiary/aromatic N) is 3. The average molecular weight is 198 g/mol. The lowest BCUT2D eigenvalue weighted by Gasteiger charge is -1.99. The Morgan fingerprint density at radius 3 is 3.07 bits per heavy atom.